The standard InChI is InChI=1S/C26H26N6O3S2/c1-3-9-29-25(34)19(17-27)15-24-32(4-2)26(35)22(37-24)8-10-28-20-6-5-7-21(16-20)30-23(33)18-31-11-13-36-14-12-31/h1,5-7,10,16,28H,4,9,11-14,18H2,2H3,(H,29,34)(H,30,33). The summed E-state index contributed by atoms with van der Waals surface area (Å²) >= 11 is 2.96. The largest absolute Gasteiger partial charge is 0.355 e. The molecule has 0 atom stereocenters. The summed E-state index contributed by atoms with van der Waals surface area (Å²) in [4.78, 5) is 39.4. The zero-order valence-corrected chi connectivity index (χ0v) is 21.9. The fourth-order valence-electron chi connectivity index (χ4n) is 3.38. The maximum Gasteiger partial charge on any atom is 0.277 e. The molecule has 0 spiro atoms. The number of hydrogen-bond acceptors (Lipinski definition) is 8. The first kappa shape index (κ1) is 27.6. The molecular weight excluding hydrogens is 508 g/mol. The van der Waals surface area contributed by atoms with Gasteiger partial charge >= 0.3 is 0 Å². The number of thioether (sulfide) groups is 1. The quantitative estimate of drug-likeness (QED) is 0.256. The number of rotatable bonds is 8. The van der Waals surface area contributed by atoms with E-state index in [1.807, 2.05) is 30.0 Å². The van der Waals surface area contributed by atoms with Gasteiger partial charge in [0.25, 0.3) is 11.5 Å². The third-order valence-corrected chi connectivity index (χ3v) is 7.14. The molecule has 2 heterocycles. The van der Waals surface area contributed by atoms with Crippen LogP contribution in [0.25, 0.3) is 11.5 Å². The van der Waals surface area contributed by atoms with Gasteiger partial charge in [0.05, 0.1) is 13.1 Å². The van der Waals surface area contributed by atoms with E-state index in [-0.39, 0.29) is 28.1 Å². The van der Waals surface area contributed by atoms with E-state index in [1.165, 1.54) is 10.8 Å². The average molecular weight is 535 g/mol. The molecule has 1 aliphatic heterocycles. The first-order valence-corrected chi connectivity index (χ1v) is 13.5. The van der Waals surface area contributed by atoms with E-state index in [0.29, 0.717) is 29.1 Å². The Labute approximate surface area is 222 Å². The van der Waals surface area contributed by atoms with Crippen LogP contribution in [0.4, 0.5) is 11.4 Å². The molecule has 1 fully saturated rings. The minimum Gasteiger partial charge on any atom is -0.355 e. The third-order valence-electron chi connectivity index (χ3n) is 5.18. The van der Waals surface area contributed by atoms with Crippen molar-refractivity contribution in [1.29, 1.82) is 5.26 Å². The summed E-state index contributed by atoms with van der Waals surface area (Å²) in [6.45, 7) is 4.27. The fraction of sp³-hybridized carbons (Fsp3) is 0.308. The van der Waals surface area contributed by atoms with Gasteiger partial charge in [0.1, 0.15) is 15.3 Å². The van der Waals surface area contributed by atoms with E-state index in [4.69, 9.17) is 6.42 Å². The lowest BCUT2D eigenvalue weighted by atomic mass is 10.2. The van der Waals surface area contributed by atoms with E-state index in [0.717, 1.165) is 35.9 Å². The third kappa shape index (κ3) is 8.03. The molecule has 2 amide bonds. The predicted molar refractivity (Wildman–Crippen MR) is 148 cm³/mol. The van der Waals surface area contributed by atoms with Crippen molar-refractivity contribution in [3.8, 4) is 18.4 Å². The summed E-state index contributed by atoms with van der Waals surface area (Å²) < 4.78 is 2.01. The molecule has 0 bridgehead atoms. The molecule has 1 aliphatic rings. The predicted octanol–water partition coefficient (Wildman–Crippen LogP) is 0.501. The number of benzene rings is 1. The van der Waals surface area contributed by atoms with Crippen molar-refractivity contribution >= 4 is 57.8 Å². The first-order chi connectivity index (χ1) is 17.9. The minimum absolute atomic E-state index is 0.0211. The molecule has 37 heavy (non-hydrogen) atoms. The Balaban J connectivity index is 1.80. The number of hydrogen-bond donors (Lipinski definition) is 3. The fourth-order valence-corrected chi connectivity index (χ4v) is 5.34. The van der Waals surface area contributed by atoms with Crippen molar-refractivity contribution in [2.75, 3.05) is 48.3 Å². The highest BCUT2D eigenvalue weighted by Crippen LogP contribution is 2.15. The van der Waals surface area contributed by atoms with Crippen LogP contribution in [0.15, 0.2) is 40.8 Å². The summed E-state index contributed by atoms with van der Waals surface area (Å²) in [5.41, 5.74) is 6.42. The molecule has 0 aliphatic carbocycles. The van der Waals surface area contributed by atoms with Crippen LogP contribution in [-0.2, 0) is 16.1 Å². The van der Waals surface area contributed by atoms with Gasteiger partial charge in [0.15, 0.2) is 5.57 Å². The zero-order chi connectivity index (χ0) is 26.6. The molecule has 9 nitrogen and oxygen atoms in total. The van der Waals surface area contributed by atoms with Crippen molar-refractivity contribution in [3.05, 3.63) is 55.6 Å². The molecule has 1 aromatic carbocycles. The van der Waals surface area contributed by atoms with Crippen LogP contribution < -0.4 is 30.7 Å². The van der Waals surface area contributed by atoms with Crippen LogP contribution >= 0.6 is 23.1 Å². The lowest BCUT2D eigenvalue weighted by Gasteiger charge is -2.25. The van der Waals surface area contributed by atoms with E-state index < -0.39 is 5.91 Å². The lowest BCUT2D eigenvalue weighted by Crippen LogP contribution is -2.38. The van der Waals surface area contributed by atoms with Crippen LogP contribution in [-0.4, -0.2) is 59.0 Å². The Bertz CT molecular complexity index is 1490. The number of carbonyl (C=O) groups excluding carboxylic acids is 2. The highest BCUT2D eigenvalue weighted by atomic mass is 32.2. The molecule has 0 saturated carbocycles. The summed E-state index contributed by atoms with van der Waals surface area (Å²) in [5.74, 6) is 3.63. The number of amides is 2. The van der Waals surface area contributed by atoms with Crippen molar-refractivity contribution in [3.63, 3.8) is 0 Å². The minimum atomic E-state index is -0.659. The molecule has 190 valence electrons. The average Bonchev–Trinajstić information content (AvgIpc) is 3.20. The molecule has 0 unspecified atom stereocenters. The van der Waals surface area contributed by atoms with Gasteiger partial charge in [-0.05, 0) is 25.1 Å². The highest BCUT2D eigenvalue weighted by Gasteiger charge is 2.14. The summed E-state index contributed by atoms with van der Waals surface area (Å²) in [7, 11) is 0. The van der Waals surface area contributed by atoms with Gasteiger partial charge in [-0.15, -0.1) is 6.42 Å². The number of nitriles is 1. The molecule has 2 aromatic rings. The van der Waals surface area contributed by atoms with Crippen molar-refractivity contribution < 1.29 is 9.59 Å². The topological polar surface area (TPSA) is 119 Å². The number of nitrogens with zero attached hydrogens (tertiary/aromatic N) is 3. The van der Waals surface area contributed by atoms with E-state index in [9.17, 15) is 19.6 Å². The van der Waals surface area contributed by atoms with Crippen LogP contribution in [0, 0.1) is 23.7 Å². The van der Waals surface area contributed by atoms with Crippen LogP contribution in [0.2, 0.25) is 0 Å². The number of anilines is 2. The first-order valence-electron chi connectivity index (χ1n) is 11.5. The van der Waals surface area contributed by atoms with E-state index in [2.05, 4.69) is 38.2 Å². The number of carbonyl (C=O) groups is 2. The molecule has 3 N–H and O–H groups in total. The second-order valence-electron chi connectivity index (χ2n) is 7.73. The molecule has 1 saturated heterocycles. The smallest absolute Gasteiger partial charge is 0.277 e. The number of terminal acetylenes is 1. The summed E-state index contributed by atoms with van der Waals surface area (Å²) in [6, 6.07) is 9.02. The van der Waals surface area contributed by atoms with Gasteiger partial charge in [0, 0.05) is 48.7 Å². The normalized spacial score (nSPS) is 12.7. The number of aromatic nitrogens is 1. The highest BCUT2D eigenvalue weighted by molar-refractivity contribution is 7.99. The Kier molecular flexibility index (Phi) is 10.4. The molecule has 3 rings (SSSR count). The molecule has 0 radical (unpaired) electrons. The van der Waals surface area contributed by atoms with Crippen LogP contribution in [0.5, 0.6) is 0 Å². The maximum atomic E-state index is 12.8. The van der Waals surface area contributed by atoms with E-state index in [1.54, 1.807) is 19.1 Å². The van der Waals surface area contributed by atoms with Gasteiger partial charge in [-0.25, -0.2) is 0 Å². The molecule has 11 heteroatoms. The Morgan fingerprint density at radius 2 is 2.00 bits per heavy atom. The van der Waals surface area contributed by atoms with E-state index >= 15 is 0 Å². The van der Waals surface area contributed by atoms with Crippen LogP contribution in [0.3, 0.4) is 0 Å². The van der Waals surface area contributed by atoms with Crippen LogP contribution in [0.1, 0.15) is 6.92 Å². The zero-order valence-electron chi connectivity index (χ0n) is 20.3. The lowest BCUT2D eigenvalue weighted by molar-refractivity contribution is -0.117. The van der Waals surface area contributed by atoms with Gasteiger partial charge in [0.2, 0.25) is 5.91 Å². The van der Waals surface area contributed by atoms with Gasteiger partial charge in [-0.1, -0.05) is 34.8 Å². The Morgan fingerprint density at radius 3 is 2.70 bits per heavy atom. The van der Waals surface area contributed by atoms with Gasteiger partial charge in [-0.2, -0.15) is 17.0 Å². The molecular formula is C26H26N6O3S2. The summed E-state index contributed by atoms with van der Waals surface area (Å²) in [5, 5.41) is 17.7. The molecule has 1 aromatic heterocycles. The maximum absolute atomic E-state index is 12.8. The second kappa shape index (κ2) is 14.0. The monoisotopic (exact) mass is 534 g/mol. The van der Waals surface area contributed by atoms with Crippen molar-refractivity contribution in [2.24, 2.45) is 0 Å². The van der Waals surface area contributed by atoms with Crippen molar-refractivity contribution in [1.82, 2.24) is 14.8 Å². The Hall–Kier alpha value is -3.95. The number of thiazole rings is 1. The Morgan fingerprint density at radius 1 is 1.24 bits per heavy atom. The van der Waals surface area contributed by atoms with Gasteiger partial charge < -0.3 is 16.0 Å². The summed E-state index contributed by atoms with van der Waals surface area (Å²) in [6.07, 6.45) is 6.63. The van der Waals surface area contributed by atoms with Crippen molar-refractivity contribution in [2.45, 2.75) is 13.5 Å². The second-order valence-corrected chi connectivity index (χ2v) is 9.96. The number of nitrogens with one attached hydrogen (secondary N) is 3. The SMILES string of the molecule is C#CCNC(=O)C(=C=c1sc(=C=CNc2cccc(NC(=O)CN3CCSCC3)c2)c(=O)n1CC)C#N. The van der Waals surface area contributed by atoms with Gasteiger partial charge in [-0.3, -0.25) is 23.9 Å².